The molecule has 1 nitrogen and oxygen atoms in total. The molecule has 0 saturated heterocycles. The summed E-state index contributed by atoms with van der Waals surface area (Å²) in [5, 5.41) is 3.05. The molecule has 4 heteroatoms. The normalized spacial score (nSPS) is 10.8. The molecule has 1 aromatic carbocycles. The van der Waals surface area contributed by atoms with Crippen LogP contribution in [0.25, 0.3) is 10.6 Å². The van der Waals surface area contributed by atoms with Crippen molar-refractivity contribution in [2.45, 2.75) is 19.7 Å². The van der Waals surface area contributed by atoms with Crippen LogP contribution in [0, 0.1) is 13.8 Å². The Hall–Kier alpha value is -0.380. The lowest BCUT2D eigenvalue weighted by Gasteiger charge is -2.05. The highest BCUT2D eigenvalue weighted by Crippen LogP contribution is 2.30. The van der Waals surface area contributed by atoms with E-state index in [4.69, 9.17) is 11.6 Å². The molecule has 16 heavy (non-hydrogen) atoms. The number of hydrogen-bond donors (Lipinski definition) is 0. The molecule has 0 unspecified atom stereocenters. The molecule has 2 rings (SSSR count). The van der Waals surface area contributed by atoms with E-state index in [1.165, 1.54) is 21.2 Å². The van der Waals surface area contributed by atoms with Crippen LogP contribution in [0.4, 0.5) is 0 Å². The Morgan fingerprint density at radius 2 is 1.94 bits per heavy atom. The standard InChI is InChI=1S/C12H11BrClNS/c1-7-3-9(4-8(2)11(7)13)12-15-10(5-14)6-16-12/h3-4,6H,5H2,1-2H3. The van der Waals surface area contributed by atoms with Crippen LogP contribution in [-0.2, 0) is 5.88 Å². The Morgan fingerprint density at radius 1 is 1.31 bits per heavy atom. The molecule has 0 bridgehead atoms. The first kappa shape index (κ1) is 12.1. The van der Waals surface area contributed by atoms with Crippen molar-refractivity contribution in [3.63, 3.8) is 0 Å². The largest absolute Gasteiger partial charge is 0.240 e. The highest BCUT2D eigenvalue weighted by atomic mass is 79.9. The number of rotatable bonds is 2. The number of benzene rings is 1. The number of nitrogens with zero attached hydrogens (tertiary/aromatic N) is 1. The second kappa shape index (κ2) is 4.86. The number of aromatic nitrogens is 1. The van der Waals surface area contributed by atoms with Crippen molar-refractivity contribution in [2.75, 3.05) is 0 Å². The summed E-state index contributed by atoms with van der Waals surface area (Å²) in [4.78, 5) is 4.48. The molecule has 84 valence electrons. The van der Waals surface area contributed by atoms with Crippen LogP contribution in [-0.4, -0.2) is 4.98 Å². The molecular weight excluding hydrogens is 306 g/mol. The predicted octanol–water partition coefficient (Wildman–Crippen LogP) is 4.93. The fraction of sp³-hybridized carbons (Fsp3) is 0.250. The van der Waals surface area contributed by atoms with E-state index in [2.05, 4.69) is 46.9 Å². The first-order chi connectivity index (χ1) is 7.61. The Morgan fingerprint density at radius 3 is 2.44 bits per heavy atom. The van der Waals surface area contributed by atoms with E-state index >= 15 is 0 Å². The maximum atomic E-state index is 5.75. The SMILES string of the molecule is Cc1cc(-c2nc(CCl)cs2)cc(C)c1Br. The van der Waals surface area contributed by atoms with E-state index in [0.29, 0.717) is 5.88 Å². The van der Waals surface area contributed by atoms with Gasteiger partial charge in [-0.15, -0.1) is 22.9 Å². The van der Waals surface area contributed by atoms with E-state index in [1.54, 1.807) is 11.3 Å². The second-order valence-corrected chi connectivity index (χ2v) is 5.62. The number of aryl methyl sites for hydroxylation is 2. The molecule has 0 aliphatic carbocycles. The Kier molecular flexibility index (Phi) is 3.67. The Bertz CT molecular complexity index is 498. The molecule has 0 spiro atoms. The van der Waals surface area contributed by atoms with Crippen LogP contribution in [0.2, 0.25) is 0 Å². The van der Waals surface area contributed by atoms with E-state index < -0.39 is 0 Å². The number of halogens is 2. The van der Waals surface area contributed by atoms with Gasteiger partial charge < -0.3 is 0 Å². The van der Waals surface area contributed by atoms with Gasteiger partial charge in [0, 0.05) is 15.4 Å². The van der Waals surface area contributed by atoms with Crippen molar-refractivity contribution in [3.8, 4) is 10.6 Å². The Labute approximate surface area is 113 Å². The molecule has 1 aromatic heterocycles. The van der Waals surface area contributed by atoms with Gasteiger partial charge in [0.05, 0.1) is 11.6 Å². The van der Waals surface area contributed by atoms with Gasteiger partial charge in [-0.2, -0.15) is 0 Å². The highest BCUT2D eigenvalue weighted by Gasteiger charge is 2.07. The zero-order valence-electron chi connectivity index (χ0n) is 9.05. The third-order valence-corrected chi connectivity index (χ3v) is 4.84. The second-order valence-electron chi connectivity index (χ2n) is 3.70. The van der Waals surface area contributed by atoms with Crippen LogP contribution in [0.3, 0.4) is 0 Å². The van der Waals surface area contributed by atoms with Crippen molar-refractivity contribution < 1.29 is 0 Å². The van der Waals surface area contributed by atoms with Crippen molar-refractivity contribution >= 4 is 38.9 Å². The summed E-state index contributed by atoms with van der Waals surface area (Å²) in [6.45, 7) is 4.19. The maximum absolute atomic E-state index is 5.75. The molecule has 2 aromatic rings. The van der Waals surface area contributed by atoms with Gasteiger partial charge in [-0.25, -0.2) is 4.98 Å². The third kappa shape index (κ3) is 2.31. The molecule has 1 heterocycles. The van der Waals surface area contributed by atoms with Crippen molar-refractivity contribution in [3.05, 3.63) is 38.8 Å². The number of alkyl halides is 1. The van der Waals surface area contributed by atoms with Gasteiger partial charge in [0.1, 0.15) is 5.01 Å². The summed E-state index contributed by atoms with van der Waals surface area (Å²) in [5.74, 6) is 0.477. The zero-order valence-corrected chi connectivity index (χ0v) is 12.2. The van der Waals surface area contributed by atoms with Crippen LogP contribution in [0.1, 0.15) is 16.8 Å². The molecule has 0 atom stereocenters. The molecular formula is C12H11BrClNS. The highest BCUT2D eigenvalue weighted by molar-refractivity contribution is 9.10. The molecule has 0 radical (unpaired) electrons. The molecule has 0 N–H and O–H groups in total. The minimum Gasteiger partial charge on any atom is -0.240 e. The smallest absolute Gasteiger partial charge is 0.123 e. The summed E-state index contributed by atoms with van der Waals surface area (Å²) < 4.78 is 1.17. The number of thiazole rings is 1. The lowest BCUT2D eigenvalue weighted by molar-refractivity contribution is 1.22. The minimum atomic E-state index is 0.477. The first-order valence-electron chi connectivity index (χ1n) is 4.89. The van der Waals surface area contributed by atoms with E-state index in [-0.39, 0.29) is 0 Å². The van der Waals surface area contributed by atoms with Gasteiger partial charge in [0.15, 0.2) is 0 Å². The zero-order chi connectivity index (χ0) is 11.7. The van der Waals surface area contributed by atoms with Crippen molar-refractivity contribution in [1.82, 2.24) is 4.98 Å². The van der Waals surface area contributed by atoms with Crippen molar-refractivity contribution in [1.29, 1.82) is 0 Å². The summed E-state index contributed by atoms with van der Waals surface area (Å²) in [6, 6.07) is 4.29. The van der Waals surface area contributed by atoms with E-state index in [1.807, 2.05) is 5.38 Å². The lowest BCUT2D eigenvalue weighted by Crippen LogP contribution is -1.86. The average Bonchev–Trinajstić information content (AvgIpc) is 2.73. The minimum absolute atomic E-state index is 0.477. The van der Waals surface area contributed by atoms with Crippen LogP contribution in [0.5, 0.6) is 0 Å². The van der Waals surface area contributed by atoms with Crippen molar-refractivity contribution in [2.24, 2.45) is 0 Å². The Balaban J connectivity index is 2.48. The summed E-state index contributed by atoms with van der Waals surface area (Å²) >= 11 is 11.0. The van der Waals surface area contributed by atoms with Gasteiger partial charge in [-0.05, 0) is 37.1 Å². The monoisotopic (exact) mass is 315 g/mol. The quantitative estimate of drug-likeness (QED) is 0.716. The molecule has 0 aliphatic rings. The summed E-state index contributed by atoms with van der Waals surface area (Å²) in [6.07, 6.45) is 0. The average molecular weight is 317 g/mol. The van der Waals surface area contributed by atoms with Gasteiger partial charge in [-0.3, -0.25) is 0 Å². The van der Waals surface area contributed by atoms with Gasteiger partial charge in [0.2, 0.25) is 0 Å². The predicted molar refractivity (Wildman–Crippen MR) is 74.3 cm³/mol. The van der Waals surface area contributed by atoms with Gasteiger partial charge >= 0.3 is 0 Å². The first-order valence-corrected chi connectivity index (χ1v) is 7.10. The molecule has 0 fully saturated rings. The number of hydrogen-bond acceptors (Lipinski definition) is 2. The molecule has 0 amide bonds. The van der Waals surface area contributed by atoms with Crippen LogP contribution in [0.15, 0.2) is 22.0 Å². The van der Waals surface area contributed by atoms with Gasteiger partial charge in [0.25, 0.3) is 0 Å². The fourth-order valence-electron chi connectivity index (χ4n) is 1.57. The van der Waals surface area contributed by atoms with Crippen LogP contribution < -0.4 is 0 Å². The van der Waals surface area contributed by atoms with E-state index in [9.17, 15) is 0 Å². The van der Waals surface area contributed by atoms with Gasteiger partial charge in [-0.1, -0.05) is 15.9 Å². The molecule has 0 aliphatic heterocycles. The maximum Gasteiger partial charge on any atom is 0.123 e. The third-order valence-electron chi connectivity index (χ3n) is 2.37. The van der Waals surface area contributed by atoms with Crippen LogP contribution >= 0.6 is 38.9 Å². The summed E-state index contributed by atoms with van der Waals surface area (Å²) in [7, 11) is 0. The lowest BCUT2D eigenvalue weighted by atomic mass is 10.1. The van der Waals surface area contributed by atoms with E-state index in [0.717, 1.165) is 10.7 Å². The summed E-state index contributed by atoms with van der Waals surface area (Å²) in [5.41, 5.74) is 4.58. The molecule has 0 saturated carbocycles. The topological polar surface area (TPSA) is 12.9 Å². The fourth-order valence-corrected chi connectivity index (χ4v) is 2.84.